The molecule has 2 aromatic carbocycles. The normalized spacial score (nSPS) is 15.4. The Kier molecular flexibility index (Phi) is 5.18. The summed E-state index contributed by atoms with van der Waals surface area (Å²) in [5.41, 5.74) is 1.48. The minimum absolute atomic E-state index is 0.0644. The molecule has 1 heterocycles. The van der Waals surface area contributed by atoms with Crippen LogP contribution in [0.3, 0.4) is 0 Å². The van der Waals surface area contributed by atoms with E-state index in [-0.39, 0.29) is 23.7 Å². The molecule has 1 atom stereocenters. The fraction of sp³-hybridized carbons (Fsp3) is 0.174. The third-order valence-electron chi connectivity index (χ3n) is 5.24. The largest absolute Gasteiger partial charge is 0.497 e. The summed E-state index contributed by atoms with van der Waals surface area (Å²) < 4.78 is 18.2. The number of carbonyl (C=O) groups is 2. The summed E-state index contributed by atoms with van der Waals surface area (Å²) in [5, 5.41) is 2.54. The Morgan fingerprint density at radius 1 is 1.07 bits per heavy atom. The maximum absolute atomic E-state index is 13.0. The van der Waals surface area contributed by atoms with Gasteiger partial charge in [0, 0.05) is 23.4 Å². The van der Waals surface area contributed by atoms with Crippen molar-refractivity contribution >= 4 is 17.4 Å². The number of ether oxygens (including phenoxy) is 1. The molecule has 0 aliphatic heterocycles. The number of H-pyrrole nitrogens is 1. The van der Waals surface area contributed by atoms with Crippen molar-refractivity contribution in [3.05, 3.63) is 93.2 Å². The highest BCUT2D eigenvalue weighted by molar-refractivity contribution is 6.06. The fourth-order valence-corrected chi connectivity index (χ4v) is 3.64. The van der Waals surface area contributed by atoms with Crippen molar-refractivity contribution in [2.24, 2.45) is 0 Å². The van der Waals surface area contributed by atoms with Crippen LogP contribution in [0, 0.1) is 5.82 Å². The number of nitrogens with one attached hydrogen (secondary N) is 2. The number of halogens is 1. The van der Waals surface area contributed by atoms with Crippen LogP contribution in [0.4, 0.5) is 10.1 Å². The number of hydrogen-bond acceptors (Lipinski definition) is 4. The van der Waals surface area contributed by atoms with Crippen molar-refractivity contribution in [3.63, 3.8) is 0 Å². The van der Waals surface area contributed by atoms with Crippen molar-refractivity contribution in [1.29, 1.82) is 0 Å². The molecule has 0 fully saturated rings. The second kappa shape index (κ2) is 7.94. The predicted molar refractivity (Wildman–Crippen MR) is 110 cm³/mol. The van der Waals surface area contributed by atoms with Crippen LogP contribution in [0.15, 0.2) is 59.4 Å². The van der Waals surface area contributed by atoms with Crippen LogP contribution < -0.4 is 15.6 Å². The maximum Gasteiger partial charge on any atom is 0.261 e. The monoisotopic (exact) mass is 406 g/mol. The van der Waals surface area contributed by atoms with Gasteiger partial charge in [0.25, 0.3) is 11.5 Å². The average molecular weight is 406 g/mol. The molecule has 1 aromatic heterocycles. The summed E-state index contributed by atoms with van der Waals surface area (Å²) in [6.45, 7) is 0. The lowest BCUT2D eigenvalue weighted by molar-refractivity contribution is 0.0963. The molecule has 6 nitrogen and oxygen atoms in total. The highest BCUT2D eigenvalue weighted by Crippen LogP contribution is 2.32. The van der Waals surface area contributed by atoms with Crippen molar-refractivity contribution < 1.29 is 18.7 Å². The van der Waals surface area contributed by atoms with Gasteiger partial charge in [-0.1, -0.05) is 12.1 Å². The minimum atomic E-state index is -0.657. The zero-order chi connectivity index (χ0) is 21.3. The molecule has 0 bridgehead atoms. The molecule has 2 N–H and O–H groups in total. The van der Waals surface area contributed by atoms with Gasteiger partial charge in [0.1, 0.15) is 17.1 Å². The van der Waals surface area contributed by atoms with Gasteiger partial charge in [-0.3, -0.25) is 14.4 Å². The molecule has 1 aliphatic carbocycles. The van der Waals surface area contributed by atoms with E-state index in [4.69, 9.17) is 4.74 Å². The lowest BCUT2D eigenvalue weighted by Gasteiger charge is -2.24. The van der Waals surface area contributed by atoms with Crippen molar-refractivity contribution in [1.82, 2.24) is 4.98 Å². The number of Topliss-reactive ketones (excluding diaryl/α,β-unsaturated/α-hetero) is 1. The number of benzene rings is 2. The maximum atomic E-state index is 13.0. The lowest BCUT2D eigenvalue weighted by Crippen LogP contribution is -2.29. The standard InChI is InChI=1S/C23H19FN2O4/c1-30-17-8-2-13(3-9-17)14-10-20-18(21(27)11-14)12-19(23(29)26-20)22(28)25-16-6-4-15(24)5-7-16/h2-9,12,14H,10-11H2,1H3,(H,25,28)(H,26,29)/t14-/m0/s1. The van der Waals surface area contributed by atoms with Gasteiger partial charge in [0.15, 0.2) is 5.78 Å². The number of methoxy groups -OCH3 is 1. The highest BCUT2D eigenvalue weighted by atomic mass is 19.1. The molecule has 1 aliphatic rings. The van der Waals surface area contributed by atoms with Crippen LogP contribution in [-0.4, -0.2) is 23.8 Å². The third kappa shape index (κ3) is 3.87. The minimum Gasteiger partial charge on any atom is -0.497 e. The second-order valence-corrected chi connectivity index (χ2v) is 7.17. The predicted octanol–water partition coefficient (Wildman–Crippen LogP) is 3.69. The van der Waals surface area contributed by atoms with Crippen LogP contribution in [0.5, 0.6) is 5.75 Å². The molecule has 7 heteroatoms. The molecule has 0 spiro atoms. The summed E-state index contributed by atoms with van der Waals surface area (Å²) in [6, 6.07) is 14.0. The lowest BCUT2D eigenvalue weighted by atomic mass is 9.81. The molecule has 0 unspecified atom stereocenters. The Balaban J connectivity index is 1.59. The zero-order valence-corrected chi connectivity index (χ0v) is 16.2. The first-order valence-electron chi connectivity index (χ1n) is 9.45. The Bertz CT molecular complexity index is 1170. The quantitative estimate of drug-likeness (QED) is 0.692. The number of aromatic amines is 1. The van der Waals surface area contributed by atoms with E-state index in [1.54, 1.807) is 7.11 Å². The average Bonchev–Trinajstić information content (AvgIpc) is 2.74. The van der Waals surface area contributed by atoms with Crippen molar-refractivity contribution in [2.45, 2.75) is 18.8 Å². The topological polar surface area (TPSA) is 88.3 Å². The molecule has 30 heavy (non-hydrogen) atoms. The summed E-state index contributed by atoms with van der Waals surface area (Å²) in [6.07, 6.45) is 0.771. The van der Waals surface area contributed by atoms with Gasteiger partial charge in [0.05, 0.1) is 7.11 Å². The molecular weight excluding hydrogens is 387 g/mol. The van der Waals surface area contributed by atoms with Crippen LogP contribution >= 0.6 is 0 Å². The summed E-state index contributed by atoms with van der Waals surface area (Å²) in [4.78, 5) is 40.5. The van der Waals surface area contributed by atoms with E-state index in [1.165, 1.54) is 30.3 Å². The van der Waals surface area contributed by atoms with Gasteiger partial charge in [-0.15, -0.1) is 0 Å². The number of anilines is 1. The second-order valence-electron chi connectivity index (χ2n) is 7.17. The summed E-state index contributed by atoms with van der Waals surface area (Å²) in [5.74, 6) is -0.562. The van der Waals surface area contributed by atoms with Gasteiger partial charge in [-0.05, 0) is 60.4 Å². The van der Waals surface area contributed by atoms with Crippen LogP contribution in [0.1, 0.15) is 44.3 Å². The number of amides is 1. The SMILES string of the molecule is COc1ccc([C@@H]2CC(=O)c3cc(C(=O)Nc4ccc(F)cc4)c(=O)[nH]c3C2)cc1. The van der Waals surface area contributed by atoms with E-state index in [9.17, 15) is 18.8 Å². The van der Waals surface area contributed by atoms with Gasteiger partial charge >= 0.3 is 0 Å². The number of pyridine rings is 1. The van der Waals surface area contributed by atoms with Gasteiger partial charge in [0.2, 0.25) is 0 Å². The first-order valence-corrected chi connectivity index (χ1v) is 9.45. The highest BCUT2D eigenvalue weighted by Gasteiger charge is 2.29. The van der Waals surface area contributed by atoms with Crippen molar-refractivity contribution in [3.8, 4) is 5.75 Å². The van der Waals surface area contributed by atoms with Crippen LogP contribution in [-0.2, 0) is 6.42 Å². The molecule has 1 amide bonds. The number of rotatable bonds is 4. The zero-order valence-electron chi connectivity index (χ0n) is 16.2. The molecule has 0 radical (unpaired) electrons. The van der Waals surface area contributed by atoms with Crippen LogP contribution in [0.25, 0.3) is 0 Å². The molecule has 0 saturated heterocycles. The van der Waals surface area contributed by atoms with Crippen LogP contribution in [0.2, 0.25) is 0 Å². The third-order valence-corrected chi connectivity index (χ3v) is 5.24. The molecule has 4 rings (SSSR count). The van der Waals surface area contributed by atoms with Gasteiger partial charge in [-0.25, -0.2) is 4.39 Å². The molecule has 0 saturated carbocycles. The van der Waals surface area contributed by atoms with Gasteiger partial charge < -0.3 is 15.0 Å². The Morgan fingerprint density at radius 2 is 1.77 bits per heavy atom. The summed E-state index contributed by atoms with van der Waals surface area (Å²) >= 11 is 0. The Hall–Kier alpha value is -3.74. The van der Waals surface area contributed by atoms with E-state index in [1.807, 2.05) is 24.3 Å². The fourth-order valence-electron chi connectivity index (χ4n) is 3.64. The summed E-state index contributed by atoms with van der Waals surface area (Å²) in [7, 11) is 1.59. The number of ketones is 1. The van der Waals surface area contributed by atoms with Gasteiger partial charge in [-0.2, -0.15) is 0 Å². The smallest absolute Gasteiger partial charge is 0.261 e. The Morgan fingerprint density at radius 3 is 2.43 bits per heavy atom. The first-order chi connectivity index (χ1) is 14.4. The molecular formula is C23H19FN2O4. The number of carbonyl (C=O) groups excluding carboxylic acids is 2. The molecule has 3 aromatic rings. The van der Waals surface area contributed by atoms with E-state index < -0.39 is 17.3 Å². The number of fused-ring (bicyclic) bond motifs is 1. The van der Waals surface area contributed by atoms with Crippen molar-refractivity contribution in [2.75, 3.05) is 12.4 Å². The first kappa shape index (κ1) is 19.6. The van der Waals surface area contributed by atoms with E-state index in [0.29, 0.717) is 23.4 Å². The van der Waals surface area contributed by atoms with E-state index in [2.05, 4.69) is 10.3 Å². The van der Waals surface area contributed by atoms with E-state index >= 15 is 0 Å². The number of aromatic nitrogens is 1. The van der Waals surface area contributed by atoms with E-state index in [0.717, 1.165) is 11.3 Å². The molecule has 152 valence electrons. The number of hydrogen-bond donors (Lipinski definition) is 2. The Labute approximate surface area is 171 Å².